The van der Waals surface area contributed by atoms with Gasteiger partial charge in [-0.05, 0) is 61.2 Å². The summed E-state index contributed by atoms with van der Waals surface area (Å²) < 4.78 is 0. The van der Waals surface area contributed by atoms with Crippen molar-refractivity contribution in [1.29, 1.82) is 0 Å². The van der Waals surface area contributed by atoms with Crippen LogP contribution in [0.1, 0.15) is 35.2 Å². The molecule has 5 rings (SSSR count). The van der Waals surface area contributed by atoms with Gasteiger partial charge in [-0.3, -0.25) is 14.4 Å². The Labute approximate surface area is 219 Å². The number of carbonyl (C=O) groups excluding carboxylic acids is 3. The molecule has 1 saturated heterocycles. The van der Waals surface area contributed by atoms with E-state index >= 15 is 0 Å². The molecular formula is C29H27ClN4O3. The zero-order valence-electron chi connectivity index (χ0n) is 20.2. The Morgan fingerprint density at radius 2 is 1.78 bits per heavy atom. The highest BCUT2D eigenvalue weighted by Crippen LogP contribution is 2.28. The maximum Gasteiger partial charge on any atom is 0.265 e. The van der Waals surface area contributed by atoms with Crippen molar-refractivity contribution < 1.29 is 14.4 Å². The first kappa shape index (κ1) is 24.7. The zero-order chi connectivity index (χ0) is 25.9. The standard InChI is InChI=1S/C29H27ClN4O3/c30-24-18-32-26-17-20(9-14-23(24)26)28(36)34(29(37)25(31)16-19-6-2-1-3-7-19)22-12-10-21(11-13-22)33-15-5-4-8-27(33)35/h1-3,6-7,9-14,17-18,25,32H,4-5,8,15-16,31H2/t25-/m0/s1. The van der Waals surface area contributed by atoms with Crippen molar-refractivity contribution in [2.75, 3.05) is 16.3 Å². The van der Waals surface area contributed by atoms with Crippen LogP contribution in [0.25, 0.3) is 10.9 Å². The van der Waals surface area contributed by atoms with Crippen molar-refractivity contribution >= 4 is 51.6 Å². The van der Waals surface area contributed by atoms with E-state index in [1.807, 2.05) is 30.3 Å². The van der Waals surface area contributed by atoms with Crippen LogP contribution in [0, 0.1) is 0 Å². The lowest BCUT2D eigenvalue weighted by Crippen LogP contribution is -2.48. The maximum absolute atomic E-state index is 13.8. The number of nitrogens with two attached hydrogens (primary N) is 1. The second-order valence-corrected chi connectivity index (χ2v) is 9.60. The Kier molecular flexibility index (Phi) is 7.08. The average molecular weight is 515 g/mol. The molecule has 1 fully saturated rings. The minimum absolute atomic E-state index is 0.0748. The Morgan fingerprint density at radius 3 is 2.51 bits per heavy atom. The molecule has 0 radical (unpaired) electrons. The van der Waals surface area contributed by atoms with E-state index in [2.05, 4.69) is 4.98 Å². The number of hydrogen-bond acceptors (Lipinski definition) is 4. The maximum atomic E-state index is 13.8. The van der Waals surface area contributed by atoms with Crippen LogP contribution in [0.2, 0.25) is 5.02 Å². The Morgan fingerprint density at radius 1 is 1.03 bits per heavy atom. The number of anilines is 2. The summed E-state index contributed by atoms with van der Waals surface area (Å²) in [5, 5.41) is 1.34. The second kappa shape index (κ2) is 10.6. The minimum atomic E-state index is -0.932. The highest BCUT2D eigenvalue weighted by atomic mass is 35.5. The number of hydrogen-bond donors (Lipinski definition) is 2. The molecule has 8 heteroatoms. The number of benzene rings is 3. The number of nitrogens with zero attached hydrogens (tertiary/aromatic N) is 2. The number of nitrogens with one attached hydrogen (secondary N) is 1. The van der Waals surface area contributed by atoms with Crippen LogP contribution in [0.3, 0.4) is 0 Å². The molecule has 3 aromatic carbocycles. The summed E-state index contributed by atoms with van der Waals surface area (Å²) in [7, 11) is 0. The van der Waals surface area contributed by atoms with E-state index in [4.69, 9.17) is 17.3 Å². The van der Waals surface area contributed by atoms with Gasteiger partial charge in [0.15, 0.2) is 0 Å². The molecule has 188 valence electrons. The summed E-state index contributed by atoms with van der Waals surface area (Å²) in [5.41, 5.74) is 9.38. The molecule has 37 heavy (non-hydrogen) atoms. The third-order valence-corrected chi connectivity index (χ3v) is 6.97. The largest absolute Gasteiger partial charge is 0.360 e. The van der Waals surface area contributed by atoms with Crippen molar-refractivity contribution in [3.05, 3.63) is 95.1 Å². The number of aromatic nitrogens is 1. The van der Waals surface area contributed by atoms with E-state index in [0.29, 0.717) is 34.8 Å². The lowest BCUT2D eigenvalue weighted by atomic mass is 10.0. The highest BCUT2D eigenvalue weighted by molar-refractivity contribution is 6.35. The van der Waals surface area contributed by atoms with Gasteiger partial charge in [0.05, 0.1) is 16.8 Å². The van der Waals surface area contributed by atoms with Crippen LogP contribution in [0.4, 0.5) is 11.4 Å². The van der Waals surface area contributed by atoms with Crippen molar-refractivity contribution in [2.24, 2.45) is 5.73 Å². The number of carbonyl (C=O) groups is 3. The van der Waals surface area contributed by atoms with E-state index in [0.717, 1.165) is 34.4 Å². The topological polar surface area (TPSA) is 99.5 Å². The zero-order valence-corrected chi connectivity index (χ0v) is 20.9. The quantitative estimate of drug-likeness (QED) is 0.374. The summed E-state index contributed by atoms with van der Waals surface area (Å²) >= 11 is 6.20. The first-order chi connectivity index (χ1) is 17.9. The van der Waals surface area contributed by atoms with Gasteiger partial charge in [-0.2, -0.15) is 0 Å². The van der Waals surface area contributed by atoms with Gasteiger partial charge in [0, 0.05) is 41.3 Å². The van der Waals surface area contributed by atoms with Gasteiger partial charge in [0.25, 0.3) is 11.8 Å². The molecule has 1 atom stereocenters. The molecule has 7 nitrogen and oxygen atoms in total. The number of imide groups is 1. The van der Waals surface area contributed by atoms with E-state index in [9.17, 15) is 14.4 Å². The fourth-order valence-corrected chi connectivity index (χ4v) is 4.90. The summed E-state index contributed by atoms with van der Waals surface area (Å²) in [6, 6.07) is 20.5. The summed E-state index contributed by atoms with van der Waals surface area (Å²) in [6.07, 6.45) is 4.29. The number of halogens is 1. The predicted octanol–water partition coefficient (Wildman–Crippen LogP) is 5.08. The molecule has 0 aliphatic carbocycles. The normalized spacial score (nSPS) is 14.5. The van der Waals surface area contributed by atoms with Crippen molar-refractivity contribution in [1.82, 2.24) is 4.98 Å². The smallest absolute Gasteiger partial charge is 0.265 e. The van der Waals surface area contributed by atoms with Gasteiger partial charge in [0.1, 0.15) is 0 Å². The Balaban J connectivity index is 1.48. The fourth-order valence-electron chi connectivity index (χ4n) is 4.68. The monoisotopic (exact) mass is 514 g/mol. The third-order valence-electron chi connectivity index (χ3n) is 6.66. The van der Waals surface area contributed by atoms with Crippen LogP contribution < -0.4 is 15.5 Å². The molecule has 3 amide bonds. The third kappa shape index (κ3) is 5.14. The first-order valence-electron chi connectivity index (χ1n) is 12.3. The Bertz CT molecular complexity index is 1450. The van der Waals surface area contributed by atoms with E-state index in [1.54, 1.807) is 53.6 Å². The number of fused-ring (bicyclic) bond motifs is 1. The second-order valence-electron chi connectivity index (χ2n) is 9.19. The van der Waals surface area contributed by atoms with Crippen LogP contribution in [0.5, 0.6) is 0 Å². The van der Waals surface area contributed by atoms with Gasteiger partial charge < -0.3 is 15.6 Å². The van der Waals surface area contributed by atoms with Crippen LogP contribution in [-0.2, 0) is 16.0 Å². The number of piperidine rings is 1. The van der Waals surface area contributed by atoms with Gasteiger partial charge >= 0.3 is 0 Å². The molecule has 0 unspecified atom stereocenters. The van der Waals surface area contributed by atoms with Gasteiger partial charge in [-0.1, -0.05) is 48.0 Å². The molecule has 1 aliphatic heterocycles. The number of amides is 3. The highest BCUT2D eigenvalue weighted by Gasteiger charge is 2.30. The molecule has 4 aromatic rings. The molecule has 3 N–H and O–H groups in total. The van der Waals surface area contributed by atoms with Gasteiger partial charge in [0.2, 0.25) is 5.91 Å². The molecule has 0 saturated carbocycles. The van der Waals surface area contributed by atoms with Crippen LogP contribution >= 0.6 is 11.6 Å². The van der Waals surface area contributed by atoms with Crippen LogP contribution in [-0.4, -0.2) is 35.3 Å². The molecule has 2 heterocycles. The lowest BCUT2D eigenvalue weighted by molar-refractivity contribution is -0.120. The number of H-pyrrole nitrogens is 1. The summed E-state index contributed by atoms with van der Waals surface area (Å²) in [5.74, 6) is -0.936. The lowest BCUT2D eigenvalue weighted by Gasteiger charge is -2.28. The molecule has 0 spiro atoms. The average Bonchev–Trinajstić information content (AvgIpc) is 3.30. The molecule has 0 bridgehead atoms. The van der Waals surface area contributed by atoms with Crippen LogP contribution in [0.15, 0.2) is 79.0 Å². The van der Waals surface area contributed by atoms with Gasteiger partial charge in [-0.15, -0.1) is 0 Å². The van der Waals surface area contributed by atoms with E-state index < -0.39 is 17.9 Å². The Hall–Kier alpha value is -3.94. The first-order valence-corrected chi connectivity index (χ1v) is 12.6. The van der Waals surface area contributed by atoms with E-state index in [1.165, 1.54) is 0 Å². The van der Waals surface area contributed by atoms with E-state index in [-0.39, 0.29) is 12.3 Å². The predicted molar refractivity (Wildman–Crippen MR) is 146 cm³/mol. The summed E-state index contributed by atoms with van der Waals surface area (Å²) in [6.45, 7) is 0.653. The SMILES string of the molecule is N[C@@H](Cc1ccccc1)C(=O)N(C(=O)c1ccc2c(Cl)c[nH]c2c1)c1ccc(N2CCCCC2=O)cc1. The number of rotatable bonds is 6. The van der Waals surface area contributed by atoms with Crippen molar-refractivity contribution in [3.63, 3.8) is 0 Å². The fraction of sp³-hybridized carbons (Fsp3) is 0.207. The van der Waals surface area contributed by atoms with Crippen molar-refractivity contribution in [3.8, 4) is 0 Å². The molecule has 1 aromatic heterocycles. The minimum Gasteiger partial charge on any atom is -0.360 e. The summed E-state index contributed by atoms with van der Waals surface area (Å²) in [4.78, 5) is 45.7. The number of aromatic amines is 1. The molecule has 1 aliphatic rings. The molecular weight excluding hydrogens is 488 g/mol. The van der Waals surface area contributed by atoms with Gasteiger partial charge in [-0.25, -0.2) is 4.90 Å². The van der Waals surface area contributed by atoms with Crippen molar-refractivity contribution in [2.45, 2.75) is 31.7 Å².